The Balaban J connectivity index is 4.98. The van der Waals surface area contributed by atoms with Crippen LogP contribution in [0.2, 0.25) is 0 Å². The molecule has 0 spiro atoms. The summed E-state index contributed by atoms with van der Waals surface area (Å²) < 4.78 is 10.4. The molecule has 1 atom stereocenters. The lowest BCUT2D eigenvalue weighted by Gasteiger charge is -2.29. The Morgan fingerprint density at radius 3 is 1.60 bits per heavy atom. The molecular formula is C14H27NO5. The molecule has 0 fully saturated rings. The third-order valence-electron chi connectivity index (χ3n) is 2.03. The zero-order chi connectivity index (χ0) is 16.1. The average Bonchev–Trinajstić information content (AvgIpc) is 2.19. The van der Waals surface area contributed by atoms with Crippen molar-refractivity contribution in [3.8, 4) is 0 Å². The van der Waals surface area contributed by atoms with Crippen molar-refractivity contribution in [2.75, 3.05) is 13.2 Å². The van der Waals surface area contributed by atoms with Crippen molar-refractivity contribution in [2.45, 2.75) is 59.7 Å². The average molecular weight is 289 g/mol. The largest absolute Gasteiger partial charge is 0.443 e. The number of carbonyl (C=O) groups excluding carboxylic acids is 2. The third-order valence-corrected chi connectivity index (χ3v) is 2.03. The van der Waals surface area contributed by atoms with Gasteiger partial charge < -0.3 is 14.6 Å². The lowest BCUT2D eigenvalue weighted by Crippen LogP contribution is -2.45. The first-order valence-corrected chi connectivity index (χ1v) is 6.70. The molecule has 0 aliphatic carbocycles. The highest BCUT2D eigenvalue weighted by Gasteiger charge is 2.31. The molecule has 118 valence electrons. The highest BCUT2D eigenvalue weighted by Crippen LogP contribution is 2.15. The van der Waals surface area contributed by atoms with Crippen molar-refractivity contribution in [3.05, 3.63) is 0 Å². The Hall–Kier alpha value is -1.30. The van der Waals surface area contributed by atoms with E-state index in [1.165, 1.54) is 0 Å². The molecule has 0 radical (unpaired) electrons. The van der Waals surface area contributed by atoms with Gasteiger partial charge in [-0.05, 0) is 47.5 Å². The molecule has 0 saturated heterocycles. The number of rotatable bonds is 3. The van der Waals surface area contributed by atoms with Crippen molar-refractivity contribution in [2.24, 2.45) is 5.92 Å². The van der Waals surface area contributed by atoms with Gasteiger partial charge in [-0.3, -0.25) is 0 Å². The molecule has 6 nitrogen and oxygen atoms in total. The van der Waals surface area contributed by atoms with Gasteiger partial charge in [-0.1, -0.05) is 6.92 Å². The highest BCUT2D eigenvalue weighted by atomic mass is 16.6. The lowest BCUT2D eigenvalue weighted by atomic mass is 10.2. The Morgan fingerprint density at radius 1 is 1.00 bits per heavy atom. The first-order chi connectivity index (χ1) is 8.85. The van der Waals surface area contributed by atoms with Gasteiger partial charge in [-0.15, -0.1) is 0 Å². The molecule has 1 N–H and O–H groups in total. The van der Waals surface area contributed by atoms with Crippen LogP contribution < -0.4 is 0 Å². The van der Waals surface area contributed by atoms with Gasteiger partial charge >= 0.3 is 12.2 Å². The Kier molecular flexibility index (Phi) is 6.47. The van der Waals surface area contributed by atoms with Crippen LogP contribution in [0, 0.1) is 5.92 Å². The van der Waals surface area contributed by atoms with E-state index in [-0.39, 0.29) is 19.1 Å². The van der Waals surface area contributed by atoms with E-state index in [1.54, 1.807) is 48.5 Å². The summed E-state index contributed by atoms with van der Waals surface area (Å²) in [5, 5.41) is 9.08. The van der Waals surface area contributed by atoms with Crippen LogP contribution in [0.5, 0.6) is 0 Å². The van der Waals surface area contributed by atoms with Gasteiger partial charge in [0.15, 0.2) is 0 Å². The van der Waals surface area contributed by atoms with Crippen molar-refractivity contribution < 1.29 is 24.2 Å². The maximum absolute atomic E-state index is 12.1. The van der Waals surface area contributed by atoms with E-state index in [0.29, 0.717) is 0 Å². The molecule has 0 aromatic heterocycles. The fraction of sp³-hybridized carbons (Fsp3) is 0.857. The van der Waals surface area contributed by atoms with Crippen LogP contribution >= 0.6 is 0 Å². The predicted molar refractivity (Wildman–Crippen MR) is 75.4 cm³/mol. The normalized spacial score (nSPS) is 13.6. The highest BCUT2D eigenvalue weighted by molar-refractivity contribution is 5.88. The van der Waals surface area contributed by atoms with Crippen LogP contribution in [0.15, 0.2) is 0 Å². The summed E-state index contributed by atoms with van der Waals surface area (Å²) in [5.41, 5.74) is -1.42. The number of imide groups is 1. The molecule has 0 aliphatic rings. The molecule has 0 heterocycles. The summed E-state index contributed by atoms with van der Waals surface area (Å²) >= 11 is 0. The summed E-state index contributed by atoms with van der Waals surface area (Å²) in [6.07, 6.45) is -1.54. The van der Waals surface area contributed by atoms with E-state index >= 15 is 0 Å². The summed E-state index contributed by atoms with van der Waals surface area (Å²) in [6.45, 7) is 11.9. The number of aliphatic hydroxyl groups excluding tert-OH is 1. The summed E-state index contributed by atoms with van der Waals surface area (Å²) in [5.74, 6) is -0.255. The minimum Gasteiger partial charge on any atom is -0.443 e. The van der Waals surface area contributed by atoms with Gasteiger partial charge in [-0.25, -0.2) is 14.5 Å². The standard InChI is InChI=1S/C14H27NO5/c1-10(9-16)8-15(11(17)19-13(2,3)4)12(18)20-14(5,6)7/h10,16H,8-9H2,1-7H3/t10-/m1/s1. The summed E-state index contributed by atoms with van der Waals surface area (Å²) in [7, 11) is 0. The summed E-state index contributed by atoms with van der Waals surface area (Å²) in [4.78, 5) is 25.0. The van der Waals surface area contributed by atoms with Gasteiger partial charge in [0.2, 0.25) is 0 Å². The Bertz CT molecular complexity index is 312. The number of carbonyl (C=O) groups is 2. The predicted octanol–water partition coefficient (Wildman–Crippen LogP) is 2.79. The van der Waals surface area contributed by atoms with Gasteiger partial charge in [0.1, 0.15) is 11.2 Å². The van der Waals surface area contributed by atoms with Crippen LogP contribution in [0.1, 0.15) is 48.5 Å². The minimum atomic E-state index is -0.771. The van der Waals surface area contributed by atoms with Crippen molar-refractivity contribution in [3.63, 3.8) is 0 Å². The second-order valence-electron chi connectivity index (χ2n) is 6.86. The zero-order valence-electron chi connectivity index (χ0n) is 13.5. The topological polar surface area (TPSA) is 76.1 Å². The molecule has 0 bridgehead atoms. The van der Waals surface area contributed by atoms with Crippen molar-refractivity contribution >= 4 is 12.2 Å². The van der Waals surface area contributed by atoms with E-state index in [9.17, 15) is 9.59 Å². The van der Waals surface area contributed by atoms with Gasteiger partial charge in [-0.2, -0.15) is 0 Å². The van der Waals surface area contributed by atoms with Crippen LogP contribution in [0.4, 0.5) is 9.59 Å². The molecule has 0 aromatic rings. The monoisotopic (exact) mass is 289 g/mol. The van der Waals surface area contributed by atoms with Gasteiger partial charge in [0.05, 0.1) is 0 Å². The molecule has 2 amide bonds. The van der Waals surface area contributed by atoms with Crippen LogP contribution in [0.25, 0.3) is 0 Å². The Morgan fingerprint density at radius 2 is 1.35 bits per heavy atom. The van der Waals surface area contributed by atoms with Crippen LogP contribution in [-0.2, 0) is 9.47 Å². The number of hydrogen-bond acceptors (Lipinski definition) is 5. The maximum Gasteiger partial charge on any atom is 0.419 e. The van der Waals surface area contributed by atoms with Crippen LogP contribution in [0.3, 0.4) is 0 Å². The molecule has 20 heavy (non-hydrogen) atoms. The zero-order valence-corrected chi connectivity index (χ0v) is 13.5. The number of hydrogen-bond donors (Lipinski definition) is 1. The maximum atomic E-state index is 12.1. The molecule has 0 unspecified atom stereocenters. The van der Waals surface area contributed by atoms with E-state index in [0.717, 1.165) is 4.90 Å². The van der Waals surface area contributed by atoms with Gasteiger partial charge in [0, 0.05) is 13.2 Å². The SMILES string of the molecule is C[C@@H](CO)CN(C(=O)OC(C)(C)C)C(=O)OC(C)(C)C. The summed E-state index contributed by atoms with van der Waals surface area (Å²) in [6, 6.07) is 0. The minimum absolute atomic E-state index is 0.0420. The molecule has 0 aliphatic heterocycles. The van der Waals surface area contributed by atoms with Crippen molar-refractivity contribution in [1.29, 1.82) is 0 Å². The van der Waals surface area contributed by atoms with Crippen LogP contribution in [-0.4, -0.2) is 46.5 Å². The number of ether oxygens (including phenoxy) is 2. The fourth-order valence-electron chi connectivity index (χ4n) is 1.23. The molecule has 6 heteroatoms. The number of amides is 2. The number of nitrogens with zero attached hydrogens (tertiary/aromatic N) is 1. The Labute approximate surface area is 121 Å². The third kappa shape index (κ3) is 7.99. The van der Waals surface area contributed by atoms with E-state index in [1.807, 2.05) is 0 Å². The molecular weight excluding hydrogens is 262 g/mol. The second kappa shape index (κ2) is 6.92. The fourth-order valence-corrected chi connectivity index (χ4v) is 1.23. The quantitative estimate of drug-likeness (QED) is 0.864. The second-order valence-corrected chi connectivity index (χ2v) is 6.86. The molecule has 0 aromatic carbocycles. The molecule has 0 rings (SSSR count). The van der Waals surface area contributed by atoms with Gasteiger partial charge in [0.25, 0.3) is 0 Å². The molecule has 0 saturated carbocycles. The smallest absolute Gasteiger partial charge is 0.419 e. The lowest BCUT2D eigenvalue weighted by molar-refractivity contribution is -0.00237. The first kappa shape index (κ1) is 18.7. The number of aliphatic hydroxyl groups is 1. The first-order valence-electron chi connectivity index (χ1n) is 6.70. The van der Waals surface area contributed by atoms with E-state index < -0.39 is 23.4 Å². The van der Waals surface area contributed by atoms with Crippen molar-refractivity contribution in [1.82, 2.24) is 4.90 Å². The van der Waals surface area contributed by atoms with E-state index in [2.05, 4.69) is 0 Å². The van der Waals surface area contributed by atoms with E-state index in [4.69, 9.17) is 14.6 Å².